The third kappa shape index (κ3) is 3.00. The molecule has 1 N–H and O–H groups in total. The van der Waals surface area contributed by atoms with Crippen molar-refractivity contribution in [2.45, 2.75) is 12.3 Å². The molecule has 0 aliphatic rings. The smallest absolute Gasteiger partial charge is 0.387 e. The van der Waals surface area contributed by atoms with Gasteiger partial charge in [0.1, 0.15) is 0 Å². The highest BCUT2D eigenvalue weighted by Crippen LogP contribution is 2.33. The summed E-state index contributed by atoms with van der Waals surface area (Å²) in [6.07, 6.45) is -5.49. The van der Waals surface area contributed by atoms with Crippen molar-refractivity contribution >= 4 is 23.2 Å². The van der Waals surface area contributed by atoms with Gasteiger partial charge >= 0.3 is 6.18 Å². The van der Waals surface area contributed by atoms with Crippen molar-refractivity contribution in [1.82, 2.24) is 0 Å². The van der Waals surface area contributed by atoms with E-state index in [1.807, 2.05) is 0 Å². The normalized spacial score (nSPS) is 14.0. The third-order valence-corrected chi connectivity index (χ3v) is 2.45. The first-order valence-electron chi connectivity index (χ1n) is 3.97. The zero-order valence-electron chi connectivity index (χ0n) is 7.35. The van der Waals surface area contributed by atoms with Crippen LogP contribution in [0.2, 0.25) is 5.02 Å². The van der Waals surface area contributed by atoms with Gasteiger partial charge in [-0.25, -0.2) is 0 Å². The molecule has 15 heavy (non-hydrogen) atoms. The molecule has 1 aromatic rings. The lowest BCUT2D eigenvalue weighted by Gasteiger charge is -2.12. The number of benzene rings is 1. The number of hydrogen-bond acceptors (Lipinski definition) is 1. The van der Waals surface area contributed by atoms with E-state index in [2.05, 4.69) is 0 Å². The minimum atomic E-state index is -4.44. The molecule has 0 fully saturated rings. The van der Waals surface area contributed by atoms with Crippen LogP contribution in [0.4, 0.5) is 13.2 Å². The van der Waals surface area contributed by atoms with Crippen molar-refractivity contribution in [2.75, 3.05) is 5.88 Å². The number of rotatable bonds is 2. The van der Waals surface area contributed by atoms with E-state index in [4.69, 9.17) is 23.2 Å². The number of halogens is 5. The second-order valence-corrected chi connectivity index (χ2v) is 3.62. The fraction of sp³-hybridized carbons (Fsp3) is 0.333. The van der Waals surface area contributed by atoms with E-state index in [0.29, 0.717) is 0 Å². The molecule has 1 atom stereocenters. The van der Waals surface area contributed by atoms with Gasteiger partial charge in [0, 0.05) is 10.6 Å². The van der Waals surface area contributed by atoms with E-state index in [1.54, 1.807) is 0 Å². The van der Waals surface area contributed by atoms with Crippen molar-refractivity contribution in [2.24, 2.45) is 0 Å². The Balaban J connectivity index is 3.09. The molecule has 84 valence electrons. The molecule has 0 heterocycles. The maximum Gasteiger partial charge on any atom is 0.416 e. The number of aliphatic hydroxyl groups is 1. The summed E-state index contributed by atoms with van der Waals surface area (Å²) in [6.45, 7) is 0. The van der Waals surface area contributed by atoms with E-state index in [9.17, 15) is 18.3 Å². The zero-order valence-corrected chi connectivity index (χ0v) is 8.87. The average molecular weight is 259 g/mol. The standard InChI is InChI=1S/C9H7Cl2F3O/c10-4-8(15)6-2-1-5(3-7(6)11)9(12,13)14/h1-3,8,15H,4H2. The zero-order chi connectivity index (χ0) is 11.6. The van der Waals surface area contributed by atoms with E-state index in [0.717, 1.165) is 18.2 Å². The van der Waals surface area contributed by atoms with Gasteiger partial charge in [-0.15, -0.1) is 11.6 Å². The molecule has 6 heteroatoms. The molecule has 0 saturated heterocycles. The molecule has 0 radical (unpaired) electrons. The van der Waals surface area contributed by atoms with Gasteiger partial charge < -0.3 is 5.11 Å². The fourth-order valence-corrected chi connectivity index (χ4v) is 1.53. The van der Waals surface area contributed by atoms with Crippen molar-refractivity contribution in [3.05, 3.63) is 34.3 Å². The SMILES string of the molecule is OC(CCl)c1ccc(C(F)(F)F)cc1Cl. The van der Waals surface area contributed by atoms with Gasteiger partial charge in [-0.3, -0.25) is 0 Å². The average Bonchev–Trinajstić information content (AvgIpc) is 2.15. The Morgan fingerprint density at radius 2 is 1.93 bits per heavy atom. The summed E-state index contributed by atoms with van der Waals surface area (Å²) in [7, 11) is 0. The lowest BCUT2D eigenvalue weighted by Crippen LogP contribution is -2.06. The van der Waals surface area contributed by atoms with Crippen LogP contribution in [-0.4, -0.2) is 11.0 Å². The van der Waals surface area contributed by atoms with Gasteiger partial charge in [-0.1, -0.05) is 17.7 Å². The molecule has 1 unspecified atom stereocenters. The lowest BCUT2D eigenvalue weighted by molar-refractivity contribution is -0.137. The van der Waals surface area contributed by atoms with Crippen molar-refractivity contribution < 1.29 is 18.3 Å². The van der Waals surface area contributed by atoms with Crippen LogP contribution in [0.1, 0.15) is 17.2 Å². The summed E-state index contributed by atoms with van der Waals surface area (Å²) >= 11 is 10.9. The molecule has 0 aliphatic heterocycles. The highest BCUT2D eigenvalue weighted by molar-refractivity contribution is 6.31. The number of hydrogen-bond donors (Lipinski definition) is 1. The topological polar surface area (TPSA) is 20.2 Å². The van der Waals surface area contributed by atoms with E-state index >= 15 is 0 Å². The molecule has 1 nitrogen and oxygen atoms in total. The number of alkyl halides is 4. The fourth-order valence-electron chi connectivity index (χ4n) is 1.06. The molecule has 0 bridgehead atoms. The quantitative estimate of drug-likeness (QED) is 0.804. The van der Waals surface area contributed by atoms with Crippen molar-refractivity contribution in [1.29, 1.82) is 0 Å². The van der Waals surface area contributed by atoms with Crippen LogP contribution >= 0.6 is 23.2 Å². The van der Waals surface area contributed by atoms with Gasteiger partial charge in [0.25, 0.3) is 0 Å². The predicted molar refractivity (Wildman–Crippen MR) is 52.1 cm³/mol. The highest BCUT2D eigenvalue weighted by atomic mass is 35.5. The molecule has 0 amide bonds. The van der Waals surface area contributed by atoms with Gasteiger partial charge in [-0.2, -0.15) is 13.2 Å². The Labute approximate surface area is 94.4 Å². The molecular weight excluding hydrogens is 252 g/mol. The van der Waals surface area contributed by atoms with Gasteiger partial charge in [-0.05, 0) is 12.1 Å². The molecule has 0 aromatic heterocycles. The third-order valence-electron chi connectivity index (χ3n) is 1.83. The Hall–Kier alpha value is -0.450. The van der Waals surface area contributed by atoms with Crippen LogP contribution < -0.4 is 0 Å². The van der Waals surface area contributed by atoms with Crippen LogP contribution in [0.15, 0.2) is 18.2 Å². The summed E-state index contributed by atoms with van der Waals surface area (Å²) in [4.78, 5) is 0. The second-order valence-electron chi connectivity index (χ2n) is 2.90. The van der Waals surface area contributed by atoms with Gasteiger partial charge in [0.2, 0.25) is 0 Å². The van der Waals surface area contributed by atoms with Crippen LogP contribution in [0.3, 0.4) is 0 Å². The van der Waals surface area contributed by atoms with Gasteiger partial charge in [0.05, 0.1) is 17.5 Å². The summed E-state index contributed by atoms with van der Waals surface area (Å²) < 4.78 is 36.7. The van der Waals surface area contributed by atoms with E-state index in [1.165, 1.54) is 0 Å². The Kier molecular flexibility index (Phi) is 3.87. The predicted octanol–water partition coefficient (Wildman–Crippen LogP) is 3.63. The first-order chi connectivity index (χ1) is 6.86. The Morgan fingerprint density at radius 3 is 2.33 bits per heavy atom. The summed E-state index contributed by atoms with van der Waals surface area (Å²) in [6, 6.07) is 2.75. The first kappa shape index (κ1) is 12.6. The first-order valence-corrected chi connectivity index (χ1v) is 4.88. The molecular formula is C9H7Cl2F3O. The van der Waals surface area contributed by atoms with Crippen molar-refractivity contribution in [3.8, 4) is 0 Å². The largest absolute Gasteiger partial charge is 0.416 e. The lowest BCUT2D eigenvalue weighted by atomic mass is 10.1. The molecule has 0 saturated carbocycles. The monoisotopic (exact) mass is 258 g/mol. The maximum atomic E-state index is 12.2. The Bertz CT molecular complexity index is 352. The molecule has 0 spiro atoms. The summed E-state index contributed by atoms with van der Waals surface area (Å²) in [5.74, 6) is -0.120. The van der Waals surface area contributed by atoms with E-state index < -0.39 is 17.8 Å². The summed E-state index contributed by atoms with van der Waals surface area (Å²) in [5, 5.41) is 9.17. The van der Waals surface area contributed by atoms with Crippen LogP contribution in [0.5, 0.6) is 0 Å². The minimum Gasteiger partial charge on any atom is -0.387 e. The second kappa shape index (κ2) is 4.60. The van der Waals surface area contributed by atoms with E-state index in [-0.39, 0.29) is 16.5 Å². The molecule has 0 aliphatic carbocycles. The van der Waals surface area contributed by atoms with Crippen molar-refractivity contribution in [3.63, 3.8) is 0 Å². The minimum absolute atomic E-state index is 0.120. The number of aliphatic hydroxyl groups excluding tert-OH is 1. The van der Waals surface area contributed by atoms with Crippen LogP contribution in [0, 0.1) is 0 Å². The van der Waals surface area contributed by atoms with Crippen LogP contribution in [-0.2, 0) is 6.18 Å². The maximum absolute atomic E-state index is 12.2. The highest BCUT2D eigenvalue weighted by Gasteiger charge is 2.31. The Morgan fingerprint density at radius 1 is 1.33 bits per heavy atom. The molecule has 1 aromatic carbocycles. The molecule has 1 rings (SSSR count). The summed E-state index contributed by atoms with van der Waals surface area (Å²) in [5.41, 5.74) is -0.655. The van der Waals surface area contributed by atoms with Gasteiger partial charge in [0.15, 0.2) is 0 Å². The van der Waals surface area contributed by atoms with Crippen LogP contribution in [0.25, 0.3) is 0 Å².